The van der Waals surface area contributed by atoms with Crippen molar-refractivity contribution in [2.24, 2.45) is 0 Å². The summed E-state index contributed by atoms with van der Waals surface area (Å²) in [5.41, 5.74) is 0. The second-order valence-electron chi connectivity index (χ2n) is 0.0907. The molecular formula is Ir2O2. The summed E-state index contributed by atoms with van der Waals surface area (Å²) < 4.78 is 18.3. The number of rotatable bonds is 1. The van der Waals surface area contributed by atoms with Gasteiger partial charge in [-0.15, -0.1) is 0 Å². The third kappa shape index (κ3) is 2.90. The quantitative estimate of drug-likeness (QED) is 0.591. The van der Waals surface area contributed by atoms with E-state index in [4.69, 9.17) is 7.01 Å². The molecule has 0 aromatic heterocycles. The third-order valence-corrected chi connectivity index (χ3v) is 1.24. The van der Waals surface area contributed by atoms with Gasteiger partial charge in [0.05, 0.1) is 0 Å². The summed E-state index contributed by atoms with van der Waals surface area (Å²) in [4.78, 5) is 0. The molecule has 30 valence electrons. The van der Waals surface area contributed by atoms with Crippen LogP contribution < -0.4 is 0 Å². The van der Waals surface area contributed by atoms with E-state index in [0.717, 1.165) is 0 Å². The van der Waals surface area contributed by atoms with E-state index in [-0.39, 0.29) is 0 Å². The molecule has 0 aromatic rings. The van der Waals surface area contributed by atoms with Crippen molar-refractivity contribution in [2.45, 2.75) is 0 Å². The topological polar surface area (TPSA) is 34.1 Å². The first-order valence-electron chi connectivity index (χ1n) is 0.383. The normalized spacial score (nSPS) is 9.00. The minimum absolute atomic E-state index is 1.17. The Morgan fingerprint density at radius 3 is 1.25 bits per heavy atom. The van der Waals surface area contributed by atoms with Crippen LogP contribution in [0, 0.1) is 0 Å². The monoisotopic (exact) mass is 418 g/mol. The van der Waals surface area contributed by atoms with Crippen molar-refractivity contribution in [3.05, 3.63) is 0 Å². The summed E-state index contributed by atoms with van der Waals surface area (Å²) in [6.45, 7) is 0. The molecule has 4 heteroatoms. The van der Waals surface area contributed by atoms with Crippen molar-refractivity contribution in [3.63, 3.8) is 0 Å². The van der Waals surface area contributed by atoms with Gasteiger partial charge >= 0.3 is 36.9 Å². The summed E-state index contributed by atoms with van der Waals surface area (Å²) in [7, 11) is 0. The van der Waals surface area contributed by atoms with E-state index >= 15 is 0 Å². The average Bonchev–Trinajstić information content (AvgIpc) is 1.37. The van der Waals surface area contributed by atoms with Gasteiger partial charge in [0.25, 0.3) is 0 Å². The Kier molecular flexibility index (Phi) is 4.77. The van der Waals surface area contributed by atoms with Gasteiger partial charge in [0, 0.05) is 0 Å². The third-order valence-electron chi connectivity index (χ3n) is 0.0185. The first kappa shape index (κ1) is 4.90. The van der Waals surface area contributed by atoms with E-state index in [0.29, 0.717) is 0 Å². The van der Waals surface area contributed by atoms with Crippen LogP contribution in [0.3, 0.4) is 0 Å². The van der Waals surface area contributed by atoms with Gasteiger partial charge in [0.15, 0.2) is 0 Å². The Bertz CT molecular complexity index is 25.0. The van der Waals surface area contributed by atoms with Crippen LogP contribution in [0.1, 0.15) is 0 Å². The second kappa shape index (κ2) is 3.90. The van der Waals surface area contributed by atoms with Crippen LogP contribution in [0.5, 0.6) is 0 Å². The first-order valence-corrected chi connectivity index (χ1v) is 9.67. The summed E-state index contributed by atoms with van der Waals surface area (Å²) in [5.74, 6) is 0. The van der Waals surface area contributed by atoms with Crippen molar-refractivity contribution in [1.82, 2.24) is 0 Å². The zero-order chi connectivity index (χ0) is 3.41. The molecule has 0 aliphatic carbocycles. The molecule has 0 heterocycles. The average molecular weight is 416 g/mol. The molecule has 0 aliphatic heterocycles. The first-order chi connectivity index (χ1) is 1.91. The number of hydrogen-bond acceptors (Lipinski definition) is 2. The molecule has 0 unspecified atom stereocenters. The van der Waals surface area contributed by atoms with Crippen LogP contribution in [0.4, 0.5) is 0 Å². The van der Waals surface area contributed by atoms with Gasteiger partial charge in [0.2, 0.25) is 0 Å². The van der Waals surface area contributed by atoms with Crippen molar-refractivity contribution >= 4 is 0 Å². The second-order valence-corrected chi connectivity index (χ2v) is 6.08. The van der Waals surface area contributed by atoms with Crippen LogP contribution in [0.2, 0.25) is 0 Å². The molecule has 0 saturated heterocycles. The molecule has 0 N–H and O–H groups in total. The van der Waals surface area contributed by atoms with Crippen LogP contribution in [-0.4, -0.2) is 0 Å². The van der Waals surface area contributed by atoms with Gasteiger partial charge in [-0.05, 0) is 0 Å². The summed E-state index contributed by atoms with van der Waals surface area (Å²) in [5, 5.41) is 0. The van der Waals surface area contributed by atoms with Crippen LogP contribution in [-0.2, 0) is 36.9 Å². The van der Waals surface area contributed by atoms with Crippen LogP contribution in [0.25, 0.3) is 0 Å². The molecule has 0 aromatic carbocycles. The van der Waals surface area contributed by atoms with Crippen molar-refractivity contribution in [1.29, 1.82) is 0 Å². The van der Waals surface area contributed by atoms with Crippen molar-refractivity contribution in [2.75, 3.05) is 0 Å². The van der Waals surface area contributed by atoms with Gasteiger partial charge in [-0.2, -0.15) is 0 Å². The van der Waals surface area contributed by atoms with E-state index < -0.39 is 29.9 Å². The zero-order valence-electron chi connectivity index (χ0n) is 1.48. The van der Waals surface area contributed by atoms with E-state index in [2.05, 4.69) is 0 Å². The summed E-state index contributed by atoms with van der Waals surface area (Å²) in [6.07, 6.45) is 0. The van der Waals surface area contributed by atoms with Crippen molar-refractivity contribution < 1.29 is 36.9 Å². The maximum atomic E-state index is 9.17. The SMILES string of the molecule is [O]=[Ir][Ir]=[O]. The van der Waals surface area contributed by atoms with Crippen LogP contribution in [0.15, 0.2) is 0 Å². The van der Waals surface area contributed by atoms with Gasteiger partial charge < -0.3 is 0 Å². The zero-order valence-corrected chi connectivity index (χ0v) is 6.27. The number of hydrogen-bond donors (Lipinski definition) is 0. The molecule has 0 radical (unpaired) electrons. The molecule has 0 spiro atoms. The molecule has 0 rings (SSSR count). The molecule has 0 saturated carbocycles. The molecule has 4 heavy (non-hydrogen) atoms. The molecular weight excluding hydrogens is 416 g/mol. The standard InChI is InChI=1S/2Ir.2O. The Morgan fingerprint density at radius 2 is 1.25 bits per heavy atom. The fraction of sp³-hybridized carbons (Fsp3) is 0. The van der Waals surface area contributed by atoms with Gasteiger partial charge in [-0.1, -0.05) is 0 Å². The summed E-state index contributed by atoms with van der Waals surface area (Å²) >= 11 is -2.33. The van der Waals surface area contributed by atoms with Gasteiger partial charge in [-0.25, -0.2) is 0 Å². The fourth-order valence-electron chi connectivity index (χ4n) is 0. The molecule has 0 atom stereocenters. The molecule has 2 nitrogen and oxygen atoms in total. The Labute approximate surface area is 37.0 Å². The minimum atomic E-state index is -1.17. The predicted molar refractivity (Wildman–Crippen MR) is 1.37 cm³/mol. The van der Waals surface area contributed by atoms with E-state index in [1.54, 1.807) is 0 Å². The van der Waals surface area contributed by atoms with Gasteiger partial charge in [0.1, 0.15) is 0 Å². The molecule has 0 fully saturated rings. The molecule has 0 amide bonds. The Morgan fingerprint density at radius 1 is 1.00 bits per heavy atom. The Hall–Kier alpha value is 0.899. The Balaban J connectivity index is 2.73. The predicted octanol–water partition coefficient (Wildman–Crippen LogP) is -0.243. The van der Waals surface area contributed by atoms with Crippen LogP contribution >= 0.6 is 0 Å². The maximum absolute atomic E-state index is 9.17. The summed E-state index contributed by atoms with van der Waals surface area (Å²) in [6, 6.07) is 0. The van der Waals surface area contributed by atoms with E-state index in [9.17, 15) is 0 Å². The molecule has 0 bridgehead atoms. The fourth-order valence-corrected chi connectivity index (χ4v) is 0. The van der Waals surface area contributed by atoms with Gasteiger partial charge in [-0.3, -0.25) is 0 Å². The molecule has 0 aliphatic rings. The van der Waals surface area contributed by atoms with E-state index in [1.165, 1.54) is 0 Å². The van der Waals surface area contributed by atoms with E-state index in [1.807, 2.05) is 0 Å². The van der Waals surface area contributed by atoms with Crippen molar-refractivity contribution in [3.8, 4) is 0 Å².